The van der Waals surface area contributed by atoms with Gasteiger partial charge in [-0.2, -0.15) is 8.78 Å². The van der Waals surface area contributed by atoms with Crippen LogP contribution in [0.15, 0.2) is 53.6 Å². The molecule has 5 heterocycles. The molecule has 3 aliphatic heterocycles. The zero-order valence-corrected chi connectivity index (χ0v) is 31.5. The fraction of sp³-hybridized carbons (Fsp3) is 0.457. The van der Waals surface area contributed by atoms with E-state index in [9.17, 15) is 38.8 Å². The second-order valence-electron chi connectivity index (χ2n) is 14.9. The summed E-state index contributed by atoms with van der Waals surface area (Å²) in [7, 11) is -8.12. The Bertz CT molecular complexity index is 2400. The largest absolute Gasteiger partial charge is 0.433 e. The number of likely N-dealkylation sites (tertiary alicyclic amines) is 1. The van der Waals surface area contributed by atoms with Gasteiger partial charge in [0.2, 0.25) is 5.95 Å². The normalized spacial score (nSPS) is 26.6. The first-order valence-corrected chi connectivity index (χ1v) is 21.9. The average molecular weight is 842 g/mol. The van der Waals surface area contributed by atoms with Crippen LogP contribution in [0.2, 0.25) is 0 Å². The van der Waals surface area contributed by atoms with Crippen LogP contribution in [0, 0.1) is 23.5 Å². The summed E-state index contributed by atoms with van der Waals surface area (Å²) in [5, 5.41) is 3.74. The molecule has 9 rings (SSSR count). The van der Waals surface area contributed by atoms with E-state index in [0.717, 1.165) is 37.1 Å². The monoisotopic (exact) mass is 841 g/mol. The number of fused-ring (bicyclic) bond motifs is 3. The fourth-order valence-electron chi connectivity index (χ4n) is 8.61. The van der Waals surface area contributed by atoms with Gasteiger partial charge in [-0.1, -0.05) is 23.5 Å². The van der Waals surface area contributed by atoms with Crippen molar-refractivity contribution in [2.45, 2.75) is 67.3 Å². The van der Waals surface area contributed by atoms with Gasteiger partial charge in [-0.3, -0.25) is 9.62 Å². The first-order chi connectivity index (χ1) is 26.6. The maximum Gasteiger partial charge on any atom is 0.387 e. The molecule has 5 fully saturated rings. The topological polar surface area (TPSA) is 147 Å². The molecule has 0 spiro atoms. The molecule has 56 heavy (non-hydrogen) atoms. The zero-order chi connectivity index (χ0) is 39.3. The molecule has 2 bridgehead atoms. The number of aromatic nitrogens is 3. The smallest absolute Gasteiger partial charge is 0.387 e. The molecule has 4 aromatic rings. The van der Waals surface area contributed by atoms with Gasteiger partial charge in [-0.15, -0.1) is 0 Å². The molecule has 2 N–H and O–H groups in total. The number of piperazine rings is 1. The molecule has 2 aromatic carbocycles. The van der Waals surface area contributed by atoms with Gasteiger partial charge in [0.05, 0.1) is 33.5 Å². The molecule has 3 unspecified atom stereocenters. The summed E-state index contributed by atoms with van der Waals surface area (Å²) in [6.07, 6.45) is 2.70. The lowest BCUT2D eigenvalue weighted by Crippen LogP contribution is -2.61. The van der Waals surface area contributed by atoms with Crippen LogP contribution in [0.25, 0.3) is 21.8 Å². The van der Waals surface area contributed by atoms with Gasteiger partial charge in [0.1, 0.15) is 11.6 Å². The number of anilines is 3. The van der Waals surface area contributed by atoms with Crippen LogP contribution in [0.4, 0.5) is 43.1 Å². The van der Waals surface area contributed by atoms with Crippen LogP contribution in [0.1, 0.15) is 25.7 Å². The lowest BCUT2D eigenvalue weighted by atomic mass is 9.86. The predicted molar refractivity (Wildman–Crippen MR) is 194 cm³/mol. The summed E-state index contributed by atoms with van der Waals surface area (Å²) in [6, 6.07) is 7.51. The van der Waals surface area contributed by atoms with Crippen LogP contribution in [0.5, 0.6) is 5.75 Å². The summed E-state index contributed by atoms with van der Waals surface area (Å²) in [5.74, 6) is -5.86. The molecule has 21 heteroatoms. The van der Waals surface area contributed by atoms with E-state index >= 15 is 4.39 Å². The molecule has 12 nitrogen and oxygen atoms in total. The van der Waals surface area contributed by atoms with Crippen LogP contribution >= 0.6 is 11.3 Å². The number of nitrogens with one attached hydrogen (secondary N) is 2. The van der Waals surface area contributed by atoms with E-state index in [1.807, 2.05) is 4.72 Å². The predicted octanol–water partition coefficient (Wildman–Crippen LogP) is 5.85. The Balaban J connectivity index is 1.07. The first-order valence-electron chi connectivity index (χ1n) is 17.8. The quantitative estimate of drug-likeness (QED) is 0.175. The average Bonchev–Trinajstić information content (AvgIpc) is 3.40. The number of rotatable bonds is 11. The molecule has 0 radical (unpaired) electrons. The van der Waals surface area contributed by atoms with Crippen LogP contribution in [-0.2, 0) is 19.9 Å². The molecule has 5 atom stereocenters. The van der Waals surface area contributed by atoms with Gasteiger partial charge >= 0.3 is 6.61 Å². The first kappa shape index (κ1) is 37.4. The van der Waals surface area contributed by atoms with E-state index in [2.05, 4.69) is 24.8 Å². The summed E-state index contributed by atoms with van der Waals surface area (Å²) in [4.78, 5) is 17.3. The number of halogens is 6. The highest BCUT2D eigenvalue weighted by Crippen LogP contribution is 2.50. The van der Waals surface area contributed by atoms with E-state index in [1.54, 1.807) is 6.07 Å². The Morgan fingerprint density at radius 3 is 2.32 bits per heavy atom. The van der Waals surface area contributed by atoms with E-state index in [4.69, 9.17) is 9.97 Å². The molecule has 2 saturated carbocycles. The van der Waals surface area contributed by atoms with Crippen molar-refractivity contribution in [1.29, 1.82) is 0 Å². The number of benzene rings is 2. The molecule has 5 aliphatic rings. The molecule has 2 aliphatic carbocycles. The van der Waals surface area contributed by atoms with Gasteiger partial charge in [0.25, 0.3) is 15.9 Å². The molecular weight excluding hydrogens is 809 g/mol. The summed E-state index contributed by atoms with van der Waals surface area (Å²) >= 11 is 1.22. The van der Waals surface area contributed by atoms with Crippen molar-refractivity contribution in [3.05, 3.63) is 60.3 Å². The number of nitrogens with zero attached hydrogens (tertiary/aromatic N) is 5. The van der Waals surface area contributed by atoms with E-state index < -0.39 is 60.4 Å². The van der Waals surface area contributed by atoms with Crippen molar-refractivity contribution in [2.75, 3.05) is 39.5 Å². The number of ether oxygens (including phenoxy) is 1. The molecule has 2 aromatic heterocycles. The van der Waals surface area contributed by atoms with Crippen LogP contribution in [0.3, 0.4) is 0 Å². The van der Waals surface area contributed by atoms with Gasteiger partial charge in [-0.25, -0.2) is 49.3 Å². The van der Waals surface area contributed by atoms with Crippen molar-refractivity contribution in [3.63, 3.8) is 0 Å². The third-order valence-electron chi connectivity index (χ3n) is 11.3. The summed E-state index contributed by atoms with van der Waals surface area (Å²) in [6.45, 7) is -2.38. The fourth-order valence-corrected chi connectivity index (χ4v) is 13.3. The van der Waals surface area contributed by atoms with Crippen molar-refractivity contribution in [1.82, 2.24) is 19.9 Å². The number of sulfone groups is 1. The molecule has 298 valence electrons. The van der Waals surface area contributed by atoms with Crippen LogP contribution < -0.4 is 19.7 Å². The number of sulfonamides is 1. The highest BCUT2D eigenvalue weighted by atomic mass is 32.2. The Morgan fingerprint density at radius 2 is 1.64 bits per heavy atom. The van der Waals surface area contributed by atoms with E-state index in [-0.39, 0.29) is 77.6 Å². The minimum absolute atomic E-state index is 0.0545. The zero-order valence-electron chi connectivity index (χ0n) is 29.1. The van der Waals surface area contributed by atoms with Gasteiger partial charge in [0.15, 0.2) is 25.7 Å². The Kier molecular flexibility index (Phi) is 8.97. The van der Waals surface area contributed by atoms with Crippen molar-refractivity contribution < 1.29 is 47.9 Å². The number of alkyl halides is 4. The van der Waals surface area contributed by atoms with Gasteiger partial charge < -0.3 is 15.0 Å². The minimum Gasteiger partial charge on any atom is -0.433 e. The third-order valence-corrected chi connectivity index (χ3v) is 15.6. The maximum atomic E-state index is 16.6. The van der Waals surface area contributed by atoms with E-state index in [0.29, 0.717) is 28.8 Å². The second kappa shape index (κ2) is 13.4. The Labute approximate surface area is 321 Å². The lowest BCUT2D eigenvalue weighted by molar-refractivity contribution is -0.127. The Hall–Kier alpha value is -4.21. The molecular formula is C35H33F6N7O5S3. The standard InChI is InChI=1S/C35H33F6N7O5S3/c36-23-4-2-6-26(53-32(38)39)31(23)56(51,52)46-24-5-1-3-20(27(24)37)29-30(25-9-10-42-33(43-25)44-28-21-15-55(49,50)16-22(21)28)54-34(45-29)48-17-7-8-18(48)14-47(13-17)19-11-35(40,41)12-19/h1-6,9-10,17-19,21-22,28,32,46H,7-8,11-16H2,(H,42,43,44)/t17?,18?,21-,22+,28?. The van der Waals surface area contributed by atoms with Gasteiger partial charge in [0, 0.05) is 61.9 Å². The number of hydrogen-bond donors (Lipinski definition) is 2. The number of thiazole rings is 1. The molecule has 3 saturated heterocycles. The van der Waals surface area contributed by atoms with E-state index in [1.165, 1.54) is 29.7 Å². The lowest BCUT2D eigenvalue weighted by Gasteiger charge is -2.49. The number of hydrogen-bond acceptors (Lipinski definition) is 12. The van der Waals surface area contributed by atoms with Crippen molar-refractivity contribution in [3.8, 4) is 27.6 Å². The minimum atomic E-state index is -5.03. The third kappa shape index (κ3) is 6.82. The van der Waals surface area contributed by atoms with Crippen LogP contribution in [-0.4, -0.2) is 98.0 Å². The second-order valence-corrected chi connectivity index (χ2v) is 19.6. The Morgan fingerprint density at radius 1 is 0.946 bits per heavy atom. The highest BCUT2D eigenvalue weighted by Gasteiger charge is 2.59. The summed E-state index contributed by atoms with van der Waals surface area (Å²) in [5.41, 5.74) is -0.345. The molecule has 0 amide bonds. The van der Waals surface area contributed by atoms with Gasteiger partial charge in [-0.05, 0) is 55.0 Å². The SMILES string of the molecule is O=S1(=O)C[C@@H]2C(Nc3nccc(-c4sc(N5C6CCC5CN(C5CC(F)(F)C5)C6)nc4-c4cccc(NS(=O)(=O)c5c(F)cccc5OC(F)F)c4F)n3)[C@@H]2C1. The van der Waals surface area contributed by atoms with Crippen molar-refractivity contribution >= 4 is 48.0 Å². The van der Waals surface area contributed by atoms with Crippen molar-refractivity contribution in [2.24, 2.45) is 11.8 Å². The summed E-state index contributed by atoms with van der Waals surface area (Å²) < 4.78 is 142. The highest BCUT2D eigenvalue weighted by molar-refractivity contribution is 7.93. The maximum absolute atomic E-state index is 16.6.